The third-order valence-electron chi connectivity index (χ3n) is 7.90. The van der Waals surface area contributed by atoms with Gasteiger partial charge in [-0.15, -0.1) is 0 Å². The summed E-state index contributed by atoms with van der Waals surface area (Å²) in [5.41, 5.74) is 0.817. The van der Waals surface area contributed by atoms with Crippen LogP contribution in [0.1, 0.15) is 96.8 Å². The zero-order chi connectivity index (χ0) is 20.9. The van der Waals surface area contributed by atoms with Gasteiger partial charge in [-0.25, -0.2) is 0 Å². The maximum absolute atomic E-state index is 12.4. The summed E-state index contributed by atoms with van der Waals surface area (Å²) < 4.78 is 37.1. The Kier molecular flexibility index (Phi) is 8.15. The van der Waals surface area contributed by atoms with Crippen LogP contribution in [0, 0.1) is 29.6 Å². The van der Waals surface area contributed by atoms with E-state index in [0.29, 0.717) is 12.3 Å². The standard InChI is InChI=1S/C25H39F3O/c1-18-4-11-21(12-5-18)22-13-8-19(9-14-22)6-7-20-10-15-24(29)23(17-20)3-2-16-25(26,27)28/h10,15,18-22,29H,2-9,11-14,16-17H2,1H3. The number of aliphatic hydroxyl groups excluding tert-OH is 1. The molecular formula is C25H39F3O. The van der Waals surface area contributed by atoms with Crippen LogP contribution in [0.5, 0.6) is 0 Å². The molecule has 29 heavy (non-hydrogen) atoms. The number of hydrogen-bond acceptors (Lipinski definition) is 1. The summed E-state index contributed by atoms with van der Waals surface area (Å²) in [7, 11) is 0. The minimum Gasteiger partial charge on any atom is -0.508 e. The molecule has 4 heteroatoms. The van der Waals surface area contributed by atoms with Crippen LogP contribution in [-0.4, -0.2) is 11.3 Å². The van der Waals surface area contributed by atoms with E-state index in [1.54, 1.807) is 6.08 Å². The van der Waals surface area contributed by atoms with Crippen molar-refractivity contribution in [2.45, 2.75) is 103 Å². The first-order valence-corrected chi connectivity index (χ1v) is 12.0. The molecule has 0 aromatic heterocycles. The second-order valence-electron chi connectivity index (χ2n) is 10.2. The van der Waals surface area contributed by atoms with E-state index in [0.717, 1.165) is 42.1 Å². The number of rotatable bonds is 7. The Labute approximate surface area is 174 Å². The maximum atomic E-state index is 12.4. The molecule has 0 bridgehead atoms. The summed E-state index contributed by atoms with van der Waals surface area (Å²) in [5.74, 6) is 4.25. The fourth-order valence-corrected chi connectivity index (χ4v) is 5.92. The van der Waals surface area contributed by atoms with Crippen LogP contribution in [0.15, 0.2) is 23.5 Å². The highest BCUT2D eigenvalue weighted by atomic mass is 19.4. The maximum Gasteiger partial charge on any atom is 0.389 e. The van der Waals surface area contributed by atoms with Gasteiger partial charge in [0.05, 0.1) is 0 Å². The van der Waals surface area contributed by atoms with E-state index < -0.39 is 12.6 Å². The third kappa shape index (κ3) is 7.36. The Morgan fingerprint density at radius 3 is 2.17 bits per heavy atom. The summed E-state index contributed by atoms with van der Waals surface area (Å²) in [6.45, 7) is 2.39. The topological polar surface area (TPSA) is 20.2 Å². The lowest BCUT2D eigenvalue weighted by molar-refractivity contribution is -0.135. The van der Waals surface area contributed by atoms with Crippen LogP contribution in [0.2, 0.25) is 0 Å². The molecule has 0 heterocycles. The van der Waals surface area contributed by atoms with E-state index >= 15 is 0 Å². The SMILES string of the molecule is CC1CCC(C2CCC(CCC3C=CC(O)=C(CCCC(F)(F)F)C3)CC2)CC1. The van der Waals surface area contributed by atoms with E-state index in [9.17, 15) is 18.3 Å². The van der Waals surface area contributed by atoms with Gasteiger partial charge in [-0.05, 0) is 99.0 Å². The van der Waals surface area contributed by atoms with Crippen molar-refractivity contribution in [3.8, 4) is 0 Å². The molecule has 166 valence electrons. The monoisotopic (exact) mass is 412 g/mol. The zero-order valence-corrected chi connectivity index (χ0v) is 18.0. The van der Waals surface area contributed by atoms with Crippen LogP contribution in [0.3, 0.4) is 0 Å². The third-order valence-corrected chi connectivity index (χ3v) is 7.90. The minimum atomic E-state index is -4.10. The second-order valence-corrected chi connectivity index (χ2v) is 10.2. The Morgan fingerprint density at radius 2 is 1.55 bits per heavy atom. The van der Waals surface area contributed by atoms with Crippen LogP contribution in [-0.2, 0) is 0 Å². The Bertz CT molecular complexity index is 561. The number of alkyl halides is 3. The highest BCUT2D eigenvalue weighted by molar-refractivity contribution is 5.25. The van der Waals surface area contributed by atoms with Gasteiger partial charge >= 0.3 is 6.18 Å². The molecule has 2 fully saturated rings. The number of aliphatic hydroxyl groups is 1. The molecule has 1 nitrogen and oxygen atoms in total. The molecule has 0 radical (unpaired) electrons. The molecule has 1 atom stereocenters. The molecule has 0 amide bonds. The lowest BCUT2D eigenvalue weighted by atomic mass is 9.68. The van der Waals surface area contributed by atoms with Gasteiger partial charge in [-0.3, -0.25) is 0 Å². The van der Waals surface area contributed by atoms with Gasteiger partial charge in [0, 0.05) is 6.42 Å². The van der Waals surface area contributed by atoms with Crippen LogP contribution >= 0.6 is 0 Å². The average Bonchev–Trinajstić information content (AvgIpc) is 2.68. The summed E-state index contributed by atoms with van der Waals surface area (Å²) >= 11 is 0. The van der Waals surface area contributed by atoms with Gasteiger partial charge < -0.3 is 5.11 Å². The summed E-state index contributed by atoms with van der Waals surface area (Å²) in [5, 5.41) is 10.0. The Balaban J connectivity index is 1.35. The second kappa shape index (κ2) is 10.4. The molecule has 0 saturated heterocycles. The van der Waals surface area contributed by atoms with Gasteiger partial charge in [0.2, 0.25) is 0 Å². The van der Waals surface area contributed by atoms with Gasteiger partial charge in [0.15, 0.2) is 0 Å². The van der Waals surface area contributed by atoms with Crippen molar-refractivity contribution in [3.05, 3.63) is 23.5 Å². The normalized spacial score (nSPS) is 33.9. The van der Waals surface area contributed by atoms with Crippen molar-refractivity contribution in [2.24, 2.45) is 29.6 Å². The molecule has 0 spiro atoms. The molecule has 0 aromatic rings. The minimum absolute atomic E-state index is 0.0768. The molecule has 0 aromatic carbocycles. The number of allylic oxidation sites excluding steroid dienone is 3. The number of halogens is 3. The largest absolute Gasteiger partial charge is 0.508 e. The molecule has 0 aliphatic heterocycles. The van der Waals surface area contributed by atoms with Crippen molar-refractivity contribution in [2.75, 3.05) is 0 Å². The molecule has 3 rings (SSSR count). The van der Waals surface area contributed by atoms with Gasteiger partial charge in [-0.2, -0.15) is 13.2 Å². The fraction of sp³-hybridized carbons (Fsp3) is 0.840. The molecule has 2 saturated carbocycles. The Hall–Kier alpha value is -0.930. The van der Waals surface area contributed by atoms with Gasteiger partial charge in [-0.1, -0.05) is 38.7 Å². The fourth-order valence-electron chi connectivity index (χ4n) is 5.92. The first kappa shape index (κ1) is 22.7. The average molecular weight is 413 g/mol. The predicted octanol–water partition coefficient (Wildman–Crippen LogP) is 8.52. The molecule has 3 aliphatic rings. The Morgan fingerprint density at radius 1 is 0.931 bits per heavy atom. The smallest absolute Gasteiger partial charge is 0.389 e. The van der Waals surface area contributed by atoms with Crippen molar-refractivity contribution >= 4 is 0 Å². The predicted molar refractivity (Wildman–Crippen MR) is 113 cm³/mol. The lowest BCUT2D eigenvalue weighted by Crippen LogP contribution is -2.25. The first-order valence-electron chi connectivity index (χ1n) is 12.0. The van der Waals surface area contributed by atoms with E-state index in [1.165, 1.54) is 57.8 Å². The summed E-state index contributed by atoms with van der Waals surface area (Å²) in [4.78, 5) is 0. The first-order chi connectivity index (χ1) is 13.8. The van der Waals surface area contributed by atoms with E-state index in [-0.39, 0.29) is 12.2 Å². The number of hydrogen-bond donors (Lipinski definition) is 1. The molecule has 1 N–H and O–H groups in total. The van der Waals surface area contributed by atoms with Crippen LogP contribution in [0.25, 0.3) is 0 Å². The van der Waals surface area contributed by atoms with E-state index in [4.69, 9.17) is 0 Å². The molecule has 3 aliphatic carbocycles. The van der Waals surface area contributed by atoms with Crippen molar-refractivity contribution in [3.63, 3.8) is 0 Å². The van der Waals surface area contributed by atoms with Crippen LogP contribution in [0.4, 0.5) is 13.2 Å². The molecule has 1 unspecified atom stereocenters. The van der Waals surface area contributed by atoms with E-state index in [1.807, 2.05) is 0 Å². The summed E-state index contributed by atoms with van der Waals surface area (Å²) in [6, 6.07) is 0. The zero-order valence-electron chi connectivity index (χ0n) is 18.0. The quantitative estimate of drug-likeness (QED) is 0.444. The van der Waals surface area contributed by atoms with Crippen LogP contribution < -0.4 is 0 Å². The van der Waals surface area contributed by atoms with Gasteiger partial charge in [0.25, 0.3) is 0 Å². The van der Waals surface area contributed by atoms with E-state index in [2.05, 4.69) is 13.0 Å². The van der Waals surface area contributed by atoms with Crippen molar-refractivity contribution in [1.29, 1.82) is 0 Å². The highest BCUT2D eigenvalue weighted by Crippen LogP contribution is 2.42. The lowest BCUT2D eigenvalue weighted by Gasteiger charge is -2.37. The highest BCUT2D eigenvalue weighted by Gasteiger charge is 2.30. The molecular weight excluding hydrogens is 373 g/mol. The summed E-state index contributed by atoms with van der Waals surface area (Å²) in [6.07, 6.45) is 13.6. The van der Waals surface area contributed by atoms with Gasteiger partial charge in [0.1, 0.15) is 5.76 Å². The van der Waals surface area contributed by atoms with Crippen molar-refractivity contribution in [1.82, 2.24) is 0 Å². The van der Waals surface area contributed by atoms with Crippen molar-refractivity contribution < 1.29 is 18.3 Å².